The zero-order valence-electron chi connectivity index (χ0n) is 15.3. The van der Waals surface area contributed by atoms with E-state index >= 15 is 0 Å². The van der Waals surface area contributed by atoms with Gasteiger partial charge in [-0.1, -0.05) is 18.2 Å². The summed E-state index contributed by atoms with van der Waals surface area (Å²) in [5.74, 6) is 3.40. The lowest BCUT2D eigenvalue weighted by molar-refractivity contribution is 0.207. The molecule has 0 atom stereocenters. The van der Waals surface area contributed by atoms with Crippen LogP contribution >= 0.6 is 0 Å². The van der Waals surface area contributed by atoms with Crippen LogP contribution in [0.25, 0.3) is 0 Å². The van der Waals surface area contributed by atoms with Crippen LogP contribution in [-0.4, -0.2) is 33.5 Å². The van der Waals surface area contributed by atoms with Crippen LogP contribution in [0.2, 0.25) is 0 Å². The van der Waals surface area contributed by atoms with Crippen LogP contribution < -0.4 is 23.7 Å². The van der Waals surface area contributed by atoms with Gasteiger partial charge in [-0.25, -0.2) is 0 Å². The minimum atomic E-state index is 0.103. The Kier molecular flexibility index (Phi) is 7.26. The van der Waals surface area contributed by atoms with E-state index in [2.05, 4.69) is 0 Å². The van der Waals surface area contributed by atoms with Crippen LogP contribution in [0.1, 0.15) is 20.3 Å². The zero-order chi connectivity index (χ0) is 18.1. The average molecular weight is 346 g/mol. The first-order valence-electron chi connectivity index (χ1n) is 8.38. The van der Waals surface area contributed by atoms with Gasteiger partial charge >= 0.3 is 0 Å². The maximum Gasteiger partial charge on any atom is 0.203 e. The van der Waals surface area contributed by atoms with Gasteiger partial charge in [-0.3, -0.25) is 0 Å². The van der Waals surface area contributed by atoms with E-state index in [4.69, 9.17) is 23.7 Å². The molecule has 0 N–H and O–H groups in total. The SMILES string of the molecule is COc1cccc(OC)c1OCCCOc1ccccc1OC(C)C. The molecule has 25 heavy (non-hydrogen) atoms. The van der Waals surface area contributed by atoms with Crippen molar-refractivity contribution >= 4 is 0 Å². The van der Waals surface area contributed by atoms with E-state index in [1.54, 1.807) is 14.2 Å². The fourth-order valence-corrected chi connectivity index (χ4v) is 2.30. The molecular formula is C20H26O5. The first kappa shape index (κ1) is 18.8. The lowest BCUT2D eigenvalue weighted by Crippen LogP contribution is -2.09. The van der Waals surface area contributed by atoms with Gasteiger partial charge in [-0.05, 0) is 38.1 Å². The number of hydrogen-bond acceptors (Lipinski definition) is 5. The Hall–Kier alpha value is -2.56. The van der Waals surface area contributed by atoms with Gasteiger partial charge in [-0.15, -0.1) is 0 Å². The molecule has 2 aromatic carbocycles. The third kappa shape index (κ3) is 5.48. The summed E-state index contributed by atoms with van der Waals surface area (Å²) in [5.41, 5.74) is 0. The summed E-state index contributed by atoms with van der Waals surface area (Å²) in [5, 5.41) is 0. The number of benzene rings is 2. The van der Waals surface area contributed by atoms with Crippen molar-refractivity contribution in [2.45, 2.75) is 26.4 Å². The second-order valence-electron chi connectivity index (χ2n) is 5.66. The molecule has 0 aliphatic heterocycles. The summed E-state index contributed by atoms with van der Waals surface area (Å²) >= 11 is 0. The van der Waals surface area contributed by atoms with Crippen molar-refractivity contribution in [1.82, 2.24) is 0 Å². The summed E-state index contributed by atoms with van der Waals surface area (Å²) in [6, 6.07) is 13.2. The number of para-hydroxylation sites is 3. The Labute approximate surface area is 149 Å². The quantitative estimate of drug-likeness (QED) is 0.599. The zero-order valence-corrected chi connectivity index (χ0v) is 15.3. The van der Waals surface area contributed by atoms with Crippen LogP contribution in [-0.2, 0) is 0 Å². The van der Waals surface area contributed by atoms with Crippen molar-refractivity contribution in [2.75, 3.05) is 27.4 Å². The van der Waals surface area contributed by atoms with E-state index in [0.717, 1.165) is 17.9 Å². The molecule has 0 heterocycles. The molecule has 5 heteroatoms. The van der Waals surface area contributed by atoms with Gasteiger partial charge in [0, 0.05) is 6.42 Å². The fraction of sp³-hybridized carbons (Fsp3) is 0.400. The molecular weight excluding hydrogens is 320 g/mol. The van der Waals surface area contributed by atoms with Crippen molar-refractivity contribution in [1.29, 1.82) is 0 Å². The number of rotatable bonds is 10. The van der Waals surface area contributed by atoms with E-state index < -0.39 is 0 Å². The lowest BCUT2D eigenvalue weighted by Gasteiger charge is -2.16. The van der Waals surface area contributed by atoms with E-state index in [9.17, 15) is 0 Å². The third-order valence-electron chi connectivity index (χ3n) is 3.39. The Morgan fingerprint density at radius 1 is 0.720 bits per heavy atom. The van der Waals surface area contributed by atoms with Gasteiger partial charge in [0.1, 0.15) is 0 Å². The highest BCUT2D eigenvalue weighted by molar-refractivity contribution is 5.51. The van der Waals surface area contributed by atoms with Crippen LogP contribution in [0, 0.1) is 0 Å². The van der Waals surface area contributed by atoms with Gasteiger partial charge in [0.25, 0.3) is 0 Å². The molecule has 0 saturated carbocycles. The largest absolute Gasteiger partial charge is 0.493 e. The fourth-order valence-electron chi connectivity index (χ4n) is 2.30. The smallest absolute Gasteiger partial charge is 0.203 e. The molecule has 0 unspecified atom stereocenters. The van der Waals surface area contributed by atoms with E-state index in [1.165, 1.54) is 0 Å². The molecule has 2 rings (SSSR count). The topological polar surface area (TPSA) is 46.2 Å². The normalized spacial score (nSPS) is 10.4. The summed E-state index contributed by atoms with van der Waals surface area (Å²) in [6.07, 6.45) is 0.822. The Balaban J connectivity index is 1.85. The molecule has 136 valence electrons. The third-order valence-corrected chi connectivity index (χ3v) is 3.39. The molecule has 0 spiro atoms. The molecule has 0 bridgehead atoms. The van der Waals surface area contributed by atoms with Crippen LogP contribution in [0.15, 0.2) is 42.5 Å². The molecule has 0 fully saturated rings. The summed E-state index contributed by atoms with van der Waals surface area (Å²) < 4.78 is 28.0. The lowest BCUT2D eigenvalue weighted by atomic mass is 10.3. The highest BCUT2D eigenvalue weighted by Crippen LogP contribution is 2.36. The van der Waals surface area contributed by atoms with Crippen molar-refractivity contribution < 1.29 is 23.7 Å². The molecule has 0 amide bonds. The van der Waals surface area contributed by atoms with E-state index in [-0.39, 0.29) is 6.10 Å². The van der Waals surface area contributed by atoms with Gasteiger partial charge in [0.15, 0.2) is 23.0 Å². The predicted octanol–water partition coefficient (Wildman–Crippen LogP) is 4.34. The van der Waals surface area contributed by atoms with Gasteiger partial charge in [0.05, 0.1) is 33.5 Å². The second kappa shape index (κ2) is 9.67. The Morgan fingerprint density at radius 2 is 1.28 bits per heavy atom. The van der Waals surface area contributed by atoms with Crippen molar-refractivity contribution in [2.24, 2.45) is 0 Å². The Bertz CT molecular complexity index is 632. The molecule has 0 aliphatic carbocycles. The maximum absolute atomic E-state index is 5.82. The second-order valence-corrected chi connectivity index (χ2v) is 5.66. The molecule has 0 saturated heterocycles. The first-order valence-corrected chi connectivity index (χ1v) is 8.38. The summed E-state index contributed by atoms with van der Waals surface area (Å²) in [6.45, 7) is 5.00. The number of ether oxygens (including phenoxy) is 5. The highest BCUT2D eigenvalue weighted by Gasteiger charge is 2.11. The van der Waals surface area contributed by atoms with Crippen LogP contribution in [0.5, 0.6) is 28.7 Å². The van der Waals surface area contributed by atoms with Crippen molar-refractivity contribution in [3.05, 3.63) is 42.5 Å². The standard InChI is InChI=1S/C20H26O5/c1-15(2)25-17-10-6-5-9-16(17)23-13-8-14-24-20-18(21-3)11-7-12-19(20)22-4/h5-7,9-12,15H,8,13-14H2,1-4H3. The molecule has 2 aromatic rings. The number of hydrogen-bond donors (Lipinski definition) is 0. The van der Waals surface area contributed by atoms with E-state index in [1.807, 2.05) is 56.3 Å². The molecule has 5 nitrogen and oxygen atoms in total. The number of methoxy groups -OCH3 is 2. The van der Waals surface area contributed by atoms with E-state index in [0.29, 0.717) is 30.5 Å². The molecule has 0 aliphatic rings. The van der Waals surface area contributed by atoms with Gasteiger partial charge in [0.2, 0.25) is 5.75 Å². The minimum absolute atomic E-state index is 0.103. The maximum atomic E-state index is 5.82. The molecule has 0 aromatic heterocycles. The molecule has 0 radical (unpaired) electrons. The summed E-state index contributed by atoms with van der Waals surface area (Å²) in [7, 11) is 3.22. The predicted molar refractivity (Wildman–Crippen MR) is 97.4 cm³/mol. The first-order chi connectivity index (χ1) is 12.2. The monoisotopic (exact) mass is 346 g/mol. The summed E-state index contributed by atoms with van der Waals surface area (Å²) in [4.78, 5) is 0. The average Bonchev–Trinajstić information content (AvgIpc) is 2.62. The van der Waals surface area contributed by atoms with Crippen LogP contribution in [0.3, 0.4) is 0 Å². The minimum Gasteiger partial charge on any atom is -0.493 e. The van der Waals surface area contributed by atoms with Gasteiger partial charge in [-0.2, -0.15) is 0 Å². The Morgan fingerprint density at radius 3 is 1.88 bits per heavy atom. The van der Waals surface area contributed by atoms with Gasteiger partial charge < -0.3 is 23.7 Å². The van der Waals surface area contributed by atoms with Crippen molar-refractivity contribution in [3.63, 3.8) is 0 Å². The highest BCUT2D eigenvalue weighted by atomic mass is 16.5. The van der Waals surface area contributed by atoms with Crippen molar-refractivity contribution in [3.8, 4) is 28.7 Å². The van der Waals surface area contributed by atoms with Crippen LogP contribution in [0.4, 0.5) is 0 Å².